The molecule has 8 heteroatoms. The number of anilines is 3. The summed E-state index contributed by atoms with van der Waals surface area (Å²) in [5, 5.41) is 19.9. The van der Waals surface area contributed by atoms with E-state index >= 15 is 0 Å². The first-order valence-corrected chi connectivity index (χ1v) is 13.0. The minimum absolute atomic E-state index is 0.124. The van der Waals surface area contributed by atoms with Gasteiger partial charge in [0, 0.05) is 52.4 Å². The van der Waals surface area contributed by atoms with Crippen molar-refractivity contribution in [3.8, 4) is 0 Å². The van der Waals surface area contributed by atoms with Gasteiger partial charge in [0.25, 0.3) is 5.91 Å². The number of nitrogens with zero attached hydrogens (tertiary/aromatic N) is 1. The number of aliphatic hydroxyl groups is 1. The van der Waals surface area contributed by atoms with Crippen LogP contribution >= 0.6 is 11.3 Å². The molecule has 1 aliphatic rings. The number of carbonyl (C=O) groups is 2. The molecule has 3 aromatic carbocycles. The Morgan fingerprint density at radius 1 is 0.811 bits per heavy atom. The van der Waals surface area contributed by atoms with Crippen LogP contribution in [0.25, 0.3) is 0 Å². The van der Waals surface area contributed by atoms with Crippen molar-refractivity contribution in [3.05, 3.63) is 112 Å². The molecule has 5 rings (SSSR count). The lowest BCUT2D eigenvalue weighted by Crippen LogP contribution is -2.36. The first-order chi connectivity index (χ1) is 18.1. The number of benzene rings is 3. The average Bonchev–Trinajstić information content (AvgIpc) is 3.50. The summed E-state index contributed by atoms with van der Waals surface area (Å²) in [6, 6.07) is 23.2. The maximum Gasteiger partial charge on any atom is 0.255 e. The van der Waals surface area contributed by atoms with Crippen LogP contribution in [0.5, 0.6) is 0 Å². The molecule has 2 heterocycles. The van der Waals surface area contributed by atoms with Gasteiger partial charge in [0.2, 0.25) is 0 Å². The number of aliphatic hydroxyl groups excluding tert-OH is 1. The largest absolute Gasteiger partial charge is 0.378 e. The van der Waals surface area contributed by atoms with Crippen molar-refractivity contribution in [1.29, 1.82) is 0 Å². The Balaban J connectivity index is 1.17. The Labute approximate surface area is 219 Å². The Morgan fingerprint density at radius 2 is 1.41 bits per heavy atom. The minimum Gasteiger partial charge on any atom is -0.378 e. The molecule has 0 radical (unpaired) electrons. The molecule has 0 aliphatic carbocycles. The van der Waals surface area contributed by atoms with Gasteiger partial charge in [-0.25, -0.2) is 0 Å². The molecule has 3 N–H and O–H groups in total. The molecule has 1 aliphatic heterocycles. The smallest absolute Gasteiger partial charge is 0.255 e. The van der Waals surface area contributed by atoms with Crippen molar-refractivity contribution in [2.45, 2.75) is 6.23 Å². The van der Waals surface area contributed by atoms with Crippen molar-refractivity contribution in [2.75, 3.05) is 41.8 Å². The number of thiophene rings is 1. The summed E-state index contributed by atoms with van der Waals surface area (Å²) in [6.07, 6.45) is -0.807. The van der Waals surface area contributed by atoms with Gasteiger partial charge >= 0.3 is 0 Å². The SMILES string of the molecule is O=C(Nc1ccc(C(=O)c2ccc(NC(O)c3ccsc3)cc2)cc1)c1ccc(N2CCOCC2)cc1. The Bertz CT molecular complexity index is 1330. The van der Waals surface area contributed by atoms with Crippen LogP contribution in [0.1, 0.15) is 38.1 Å². The zero-order chi connectivity index (χ0) is 25.6. The van der Waals surface area contributed by atoms with Crippen LogP contribution in [-0.4, -0.2) is 43.1 Å². The average molecular weight is 514 g/mol. The van der Waals surface area contributed by atoms with Crippen molar-refractivity contribution in [2.24, 2.45) is 0 Å². The summed E-state index contributed by atoms with van der Waals surface area (Å²) >= 11 is 1.52. The highest BCUT2D eigenvalue weighted by atomic mass is 32.1. The van der Waals surface area contributed by atoms with E-state index in [4.69, 9.17) is 4.74 Å². The van der Waals surface area contributed by atoms with Crippen LogP contribution in [0.15, 0.2) is 89.6 Å². The first kappa shape index (κ1) is 24.7. The van der Waals surface area contributed by atoms with Gasteiger partial charge in [-0.1, -0.05) is 0 Å². The Morgan fingerprint density at radius 3 is 2.00 bits per heavy atom. The van der Waals surface area contributed by atoms with Crippen molar-refractivity contribution in [3.63, 3.8) is 0 Å². The van der Waals surface area contributed by atoms with Crippen molar-refractivity contribution < 1.29 is 19.4 Å². The fourth-order valence-electron chi connectivity index (χ4n) is 4.11. The highest BCUT2D eigenvalue weighted by molar-refractivity contribution is 7.08. The molecule has 37 heavy (non-hydrogen) atoms. The van der Waals surface area contributed by atoms with Gasteiger partial charge in [-0.15, -0.1) is 0 Å². The fraction of sp³-hybridized carbons (Fsp3) is 0.172. The molecule has 1 aromatic heterocycles. The third-order valence-corrected chi connectivity index (χ3v) is 6.92. The summed E-state index contributed by atoms with van der Waals surface area (Å²) in [7, 11) is 0. The topological polar surface area (TPSA) is 90.9 Å². The number of nitrogens with one attached hydrogen (secondary N) is 2. The van der Waals surface area contributed by atoms with Crippen molar-refractivity contribution >= 4 is 40.1 Å². The second-order valence-electron chi connectivity index (χ2n) is 8.69. The van der Waals surface area contributed by atoms with E-state index in [0.717, 1.165) is 24.3 Å². The van der Waals surface area contributed by atoms with Crippen LogP contribution < -0.4 is 15.5 Å². The normalized spacial score (nSPS) is 14.1. The number of ketones is 1. The first-order valence-electron chi connectivity index (χ1n) is 12.0. The van der Waals surface area contributed by atoms with Crippen molar-refractivity contribution in [1.82, 2.24) is 0 Å². The van der Waals surface area contributed by atoms with Gasteiger partial charge in [-0.3, -0.25) is 9.59 Å². The molecule has 1 amide bonds. The molecular weight excluding hydrogens is 486 g/mol. The van der Waals surface area contributed by atoms with Crippen LogP contribution in [0, 0.1) is 0 Å². The summed E-state index contributed by atoms with van der Waals surface area (Å²) < 4.78 is 5.39. The quantitative estimate of drug-likeness (QED) is 0.222. The molecule has 4 aromatic rings. The standard InChI is InChI=1S/C29H27N3O4S/c33-27(21-3-9-25(10-4-21)31-29(35)23-13-18-37-19-23)20-1-7-24(8-2-20)30-28(34)22-5-11-26(12-6-22)32-14-16-36-17-15-32/h1-13,18-19,29,31,35H,14-17H2,(H,30,34). The van der Waals surface area contributed by atoms with Crippen LogP contribution in [0.2, 0.25) is 0 Å². The number of morpholine rings is 1. The predicted octanol–water partition coefficient (Wildman–Crippen LogP) is 5.17. The second-order valence-corrected chi connectivity index (χ2v) is 9.47. The molecule has 1 saturated heterocycles. The predicted molar refractivity (Wildman–Crippen MR) is 147 cm³/mol. The Hall–Kier alpha value is -3.98. The summed E-state index contributed by atoms with van der Waals surface area (Å²) in [5.41, 5.74) is 4.81. The number of hydrogen-bond acceptors (Lipinski definition) is 7. The van der Waals surface area contributed by atoms with Gasteiger partial charge in [0.15, 0.2) is 12.0 Å². The highest BCUT2D eigenvalue weighted by Gasteiger charge is 2.14. The van der Waals surface area contributed by atoms with E-state index in [-0.39, 0.29) is 11.7 Å². The van der Waals surface area contributed by atoms with E-state index in [1.807, 2.05) is 41.1 Å². The van der Waals surface area contributed by atoms with E-state index < -0.39 is 6.23 Å². The van der Waals surface area contributed by atoms with Crippen LogP contribution in [-0.2, 0) is 4.74 Å². The molecule has 1 fully saturated rings. The molecule has 0 bridgehead atoms. The molecule has 188 valence electrons. The number of ether oxygens (including phenoxy) is 1. The van der Waals surface area contributed by atoms with Crippen LogP contribution in [0.3, 0.4) is 0 Å². The molecule has 0 spiro atoms. The lowest BCUT2D eigenvalue weighted by Gasteiger charge is -2.28. The number of carbonyl (C=O) groups excluding carboxylic acids is 2. The summed E-state index contributed by atoms with van der Waals surface area (Å²) in [6.45, 7) is 3.11. The molecule has 1 atom stereocenters. The van der Waals surface area contributed by atoms with Gasteiger partial charge < -0.3 is 25.4 Å². The summed E-state index contributed by atoms with van der Waals surface area (Å²) in [4.78, 5) is 27.8. The fourth-order valence-corrected chi connectivity index (χ4v) is 4.79. The third kappa shape index (κ3) is 6.06. The highest BCUT2D eigenvalue weighted by Crippen LogP contribution is 2.22. The van der Waals surface area contributed by atoms with E-state index in [2.05, 4.69) is 15.5 Å². The molecule has 0 saturated carbocycles. The van der Waals surface area contributed by atoms with E-state index in [9.17, 15) is 14.7 Å². The van der Waals surface area contributed by atoms with Gasteiger partial charge in [-0.2, -0.15) is 11.3 Å². The van der Waals surface area contributed by atoms with E-state index in [0.29, 0.717) is 41.3 Å². The van der Waals surface area contributed by atoms with E-state index in [1.165, 1.54) is 11.3 Å². The molecule has 7 nitrogen and oxygen atoms in total. The third-order valence-electron chi connectivity index (χ3n) is 6.22. The zero-order valence-electron chi connectivity index (χ0n) is 20.1. The van der Waals surface area contributed by atoms with Gasteiger partial charge in [0.05, 0.1) is 13.2 Å². The van der Waals surface area contributed by atoms with Gasteiger partial charge in [0.1, 0.15) is 0 Å². The Kier molecular flexibility index (Phi) is 7.60. The number of rotatable bonds is 8. The maximum atomic E-state index is 12.9. The summed E-state index contributed by atoms with van der Waals surface area (Å²) in [5.74, 6) is -0.332. The lowest BCUT2D eigenvalue weighted by atomic mass is 10.0. The van der Waals surface area contributed by atoms with Gasteiger partial charge in [-0.05, 0) is 89.6 Å². The zero-order valence-corrected chi connectivity index (χ0v) is 20.9. The number of amides is 1. The molecule has 1 unspecified atom stereocenters. The van der Waals surface area contributed by atoms with Crippen LogP contribution in [0.4, 0.5) is 17.1 Å². The maximum absolute atomic E-state index is 12.9. The monoisotopic (exact) mass is 513 g/mol. The minimum atomic E-state index is -0.807. The second kappa shape index (κ2) is 11.4. The van der Waals surface area contributed by atoms with E-state index in [1.54, 1.807) is 48.5 Å². The molecular formula is C29H27N3O4S. The lowest BCUT2D eigenvalue weighted by molar-refractivity contribution is 0.102. The number of hydrogen-bond donors (Lipinski definition) is 3.